The van der Waals surface area contributed by atoms with Gasteiger partial charge in [0.25, 0.3) is 0 Å². The van der Waals surface area contributed by atoms with E-state index in [1.165, 1.54) is 43.5 Å². The molecule has 0 spiro atoms. The number of carboxylic acids is 1. The van der Waals surface area contributed by atoms with E-state index in [-0.39, 0.29) is 40.3 Å². The third-order valence-corrected chi connectivity index (χ3v) is 6.18. The van der Waals surface area contributed by atoms with E-state index in [4.69, 9.17) is 9.15 Å². The number of carbonyl (C=O) groups is 1. The van der Waals surface area contributed by atoms with Crippen LogP contribution in [0.3, 0.4) is 0 Å². The lowest BCUT2D eigenvalue weighted by atomic mass is 10.0. The molecule has 0 saturated heterocycles. The Morgan fingerprint density at radius 2 is 1.82 bits per heavy atom. The number of furan rings is 1. The fourth-order valence-corrected chi connectivity index (χ4v) is 4.41. The Morgan fingerprint density at radius 3 is 2.39 bits per heavy atom. The van der Waals surface area contributed by atoms with Crippen molar-refractivity contribution in [1.82, 2.24) is 4.98 Å². The number of aromatic nitrogens is 1. The second-order valence-electron chi connectivity index (χ2n) is 7.26. The van der Waals surface area contributed by atoms with Crippen molar-refractivity contribution in [2.24, 2.45) is 0 Å². The van der Waals surface area contributed by atoms with Gasteiger partial charge in [0.1, 0.15) is 28.5 Å². The Balaban J connectivity index is 1.94. The number of aromatic carboxylic acids is 1. The van der Waals surface area contributed by atoms with Gasteiger partial charge in [-0.1, -0.05) is 0 Å². The molecule has 0 unspecified atom stereocenters. The molecule has 2 aromatic carbocycles. The predicted molar refractivity (Wildman–Crippen MR) is 120 cm³/mol. The molecular formula is C23H19FN2O6S. The molecule has 4 aromatic rings. The zero-order valence-corrected chi connectivity index (χ0v) is 18.5. The maximum absolute atomic E-state index is 13.4. The maximum Gasteiger partial charge on any atom is 0.340 e. The number of nitrogens with zero attached hydrogens (tertiary/aromatic N) is 2. The van der Waals surface area contributed by atoms with Crippen molar-refractivity contribution in [3.8, 4) is 17.1 Å². The number of anilines is 1. The highest BCUT2D eigenvalue weighted by molar-refractivity contribution is 7.92. The quantitative estimate of drug-likeness (QED) is 0.429. The van der Waals surface area contributed by atoms with Gasteiger partial charge in [-0.3, -0.25) is 9.29 Å². The van der Waals surface area contributed by atoms with Crippen molar-refractivity contribution < 1.29 is 31.9 Å². The van der Waals surface area contributed by atoms with Crippen molar-refractivity contribution in [2.75, 3.05) is 17.7 Å². The zero-order chi connectivity index (χ0) is 23.8. The van der Waals surface area contributed by atoms with Crippen LogP contribution in [0.5, 0.6) is 5.75 Å². The van der Waals surface area contributed by atoms with Gasteiger partial charge in [0.15, 0.2) is 0 Å². The van der Waals surface area contributed by atoms with Crippen molar-refractivity contribution in [1.29, 1.82) is 0 Å². The highest BCUT2D eigenvalue weighted by atomic mass is 32.2. The van der Waals surface area contributed by atoms with Crippen molar-refractivity contribution in [3.63, 3.8) is 0 Å². The average Bonchev–Trinajstić information content (AvgIpc) is 3.15. The molecule has 10 heteroatoms. The lowest BCUT2D eigenvalue weighted by Crippen LogP contribution is -2.29. The number of pyridine rings is 1. The number of benzene rings is 2. The van der Waals surface area contributed by atoms with Crippen LogP contribution in [0.2, 0.25) is 0 Å². The number of hydrogen-bond acceptors (Lipinski definition) is 6. The highest BCUT2D eigenvalue weighted by Crippen LogP contribution is 2.41. The standard InChI is InChI=1S/C23H19FN2O6S/c1-31-20-11-17-19(32-22(21(17)23(27)28)15-3-5-16(24)6-4-15)12-18(20)26(33(2,29)30)13-14-7-9-25-10-8-14/h3-12H,13H2,1-2H3,(H,27,28). The summed E-state index contributed by atoms with van der Waals surface area (Å²) in [6.07, 6.45) is 4.17. The molecule has 0 bridgehead atoms. The van der Waals surface area contributed by atoms with Gasteiger partial charge in [-0.15, -0.1) is 0 Å². The van der Waals surface area contributed by atoms with Gasteiger partial charge in [-0.2, -0.15) is 0 Å². The van der Waals surface area contributed by atoms with Crippen LogP contribution in [0, 0.1) is 5.82 Å². The third-order valence-electron chi connectivity index (χ3n) is 5.05. The summed E-state index contributed by atoms with van der Waals surface area (Å²) in [5.74, 6) is -1.55. The Kier molecular flexibility index (Phi) is 5.77. The maximum atomic E-state index is 13.4. The molecule has 4 rings (SSSR count). The van der Waals surface area contributed by atoms with Crippen molar-refractivity contribution in [2.45, 2.75) is 6.54 Å². The summed E-state index contributed by atoms with van der Waals surface area (Å²) >= 11 is 0. The first-order valence-electron chi connectivity index (χ1n) is 9.69. The normalized spacial score (nSPS) is 11.5. The van der Waals surface area contributed by atoms with Crippen molar-refractivity contribution in [3.05, 3.63) is 77.9 Å². The number of sulfonamides is 1. The van der Waals surface area contributed by atoms with Crippen molar-refractivity contribution >= 4 is 32.6 Å². The van der Waals surface area contributed by atoms with E-state index in [9.17, 15) is 22.7 Å². The minimum atomic E-state index is -3.76. The number of ether oxygens (including phenoxy) is 1. The molecule has 33 heavy (non-hydrogen) atoms. The lowest BCUT2D eigenvalue weighted by Gasteiger charge is -2.24. The topological polar surface area (TPSA) is 110 Å². The van der Waals surface area contributed by atoms with E-state index >= 15 is 0 Å². The van der Waals surface area contributed by atoms with Crippen LogP contribution < -0.4 is 9.04 Å². The predicted octanol–water partition coefficient (Wildman–Crippen LogP) is 4.31. The minimum absolute atomic E-state index is 0.000531. The summed E-state index contributed by atoms with van der Waals surface area (Å²) in [5.41, 5.74) is 1.24. The summed E-state index contributed by atoms with van der Waals surface area (Å²) in [6, 6.07) is 11.4. The first-order chi connectivity index (χ1) is 15.7. The summed E-state index contributed by atoms with van der Waals surface area (Å²) in [7, 11) is -2.40. The SMILES string of the molecule is COc1cc2c(C(=O)O)c(-c3ccc(F)cc3)oc2cc1N(Cc1ccncc1)S(C)(=O)=O. The van der Waals surface area contributed by atoms with Crippen LogP contribution in [-0.2, 0) is 16.6 Å². The van der Waals surface area contributed by atoms with Crippen LogP contribution in [-0.4, -0.2) is 37.8 Å². The van der Waals surface area contributed by atoms with Crippen LogP contribution in [0.1, 0.15) is 15.9 Å². The van der Waals surface area contributed by atoms with Gasteiger partial charge in [0, 0.05) is 29.4 Å². The molecule has 0 aliphatic rings. The number of hydrogen-bond donors (Lipinski definition) is 1. The van der Waals surface area contributed by atoms with Crippen LogP contribution >= 0.6 is 0 Å². The molecule has 0 amide bonds. The molecule has 2 heterocycles. The van der Waals surface area contributed by atoms with Crippen LogP contribution in [0.25, 0.3) is 22.3 Å². The fourth-order valence-electron chi connectivity index (χ4n) is 3.52. The van der Waals surface area contributed by atoms with Gasteiger partial charge in [0.2, 0.25) is 10.0 Å². The molecule has 170 valence electrons. The molecule has 0 radical (unpaired) electrons. The van der Waals surface area contributed by atoms with E-state index in [1.807, 2.05) is 0 Å². The molecule has 0 atom stereocenters. The van der Waals surface area contributed by atoms with Gasteiger partial charge >= 0.3 is 5.97 Å². The molecule has 8 nitrogen and oxygen atoms in total. The summed E-state index contributed by atoms with van der Waals surface area (Å²) < 4.78 is 51.1. The zero-order valence-electron chi connectivity index (χ0n) is 17.6. The molecule has 0 fully saturated rings. The minimum Gasteiger partial charge on any atom is -0.495 e. The van der Waals surface area contributed by atoms with E-state index in [2.05, 4.69) is 4.98 Å². The number of rotatable bonds is 7. The van der Waals surface area contributed by atoms with Gasteiger partial charge < -0.3 is 14.3 Å². The highest BCUT2D eigenvalue weighted by Gasteiger charge is 2.27. The average molecular weight is 470 g/mol. The lowest BCUT2D eigenvalue weighted by molar-refractivity contribution is 0.0699. The molecule has 1 N–H and O–H groups in total. The summed E-state index contributed by atoms with van der Waals surface area (Å²) in [5, 5.41) is 10.1. The summed E-state index contributed by atoms with van der Waals surface area (Å²) in [6.45, 7) is 0.000531. The Hall–Kier alpha value is -3.92. The smallest absolute Gasteiger partial charge is 0.340 e. The molecule has 0 aliphatic carbocycles. The molecule has 0 saturated carbocycles. The van der Waals surface area contributed by atoms with E-state index in [1.54, 1.807) is 24.5 Å². The van der Waals surface area contributed by atoms with E-state index in [0.717, 1.165) is 10.6 Å². The van der Waals surface area contributed by atoms with Crippen LogP contribution in [0.15, 0.2) is 65.3 Å². The number of methoxy groups -OCH3 is 1. The monoisotopic (exact) mass is 470 g/mol. The second-order valence-corrected chi connectivity index (χ2v) is 9.17. The first-order valence-corrected chi connectivity index (χ1v) is 11.5. The van der Waals surface area contributed by atoms with E-state index < -0.39 is 21.8 Å². The number of halogens is 1. The molecule has 2 aromatic heterocycles. The van der Waals surface area contributed by atoms with Gasteiger partial charge in [-0.05, 0) is 48.0 Å². The van der Waals surface area contributed by atoms with Crippen LogP contribution in [0.4, 0.5) is 10.1 Å². The fraction of sp³-hybridized carbons (Fsp3) is 0.130. The summed E-state index contributed by atoms with van der Waals surface area (Å²) in [4.78, 5) is 16.0. The largest absolute Gasteiger partial charge is 0.495 e. The molecule has 0 aliphatic heterocycles. The Bertz CT molecular complexity index is 1430. The van der Waals surface area contributed by atoms with E-state index in [0.29, 0.717) is 11.1 Å². The van der Waals surface area contributed by atoms with Gasteiger partial charge in [-0.25, -0.2) is 17.6 Å². The Labute approximate surface area is 188 Å². The first kappa shape index (κ1) is 22.3. The molecular weight excluding hydrogens is 451 g/mol. The number of carboxylic acid groups (broad SMARTS) is 1. The Morgan fingerprint density at radius 1 is 1.15 bits per heavy atom. The van der Waals surface area contributed by atoms with Gasteiger partial charge in [0.05, 0.1) is 25.6 Å². The third kappa shape index (κ3) is 4.37. The second kappa shape index (κ2) is 8.55. The number of fused-ring (bicyclic) bond motifs is 1.